The SMILES string of the molecule is COc1ccc(C2CC(n3c(=O)[nH]c4c(-c5cccnc5)cccc43)CCN2C(N)=O)cc1Cl. The van der Waals surface area contributed by atoms with Gasteiger partial charge in [0.25, 0.3) is 0 Å². The number of halogens is 1. The van der Waals surface area contributed by atoms with Crippen LogP contribution in [0.5, 0.6) is 5.75 Å². The molecule has 5 rings (SSSR count). The molecule has 0 radical (unpaired) electrons. The lowest BCUT2D eigenvalue weighted by Gasteiger charge is -2.39. The van der Waals surface area contributed by atoms with E-state index >= 15 is 0 Å². The first-order chi connectivity index (χ1) is 16.5. The highest BCUT2D eigenvalue weighted by atomic mass is 35.5. The van der Waals surface area contributed by atoms with Crippen molar-refractivity contribution in [2.24, 2.45) is 5.73 Å². The predicted molar refractivity (Wildman–Crippen MR) is 131 cm³/mol. The molecule has 1 fully saturated rings. The number of carbonyl (C=O) groups is 1. The molecule has 2 atom stereocenters. The summed E-state index contributed by atoms with van der Waals surface area (Å²) in [7, 11) is 1.55. The minimum absolute atomic E-state index is 0.133. The molecular weight excluding hydrogens is 454 g/mol. The molecule has 8 nitrogen and oxygen atoms in total. The van der Waals surface area contributed by atoms with E-state index in [1.807, 2.05) is 36.4 Å². The van der Waals surface area contributed by atoms with Crippen LogP contribution in [-0.4, -0.2) is 39.1 Å². The normalized spacial score (nSPS) is 18.2. The number of nitrogens with one attached hydrogen (secondary N) is 1. The minimum Gasteiger partial charge on any atom is -0.495 e. The fourth-order valence-electron chi connectivity index (χ4n) is 4.92. The van der Waals surface area contributed by atoms with Crippen LogP contribution in [0.2, 0.25) is 5.02 Å². The summed E-state index contributed by atoms with van der Waals surface area (Å²) in [6.07, 6.45) is 4.62. The molecule has 3 N–H and O–H groups in total. The van der Waals surface area contributed by atoms with Gasteiger partial charge in [-0.25, -0.2) is 9.59 Å². The van der Waals surface area contributed by atoms with E-state index in [2.05, 4.69) is 9.97 Å². The van der Waals surface area contributed by atoms with E-state index in [-0.39, 0.29) is 17.8 Å². The summed E-state index contributed by atoms with van der Waals surface area (Å²) in [4.78, 5) is 34.3. The monoisotopic (exact) mass is 477 g/mol. The number of urea groups is 1. The van der Waals surface area contributed by atoms with Crippen LogP contribution >= 0.6 is 11.6 Å². The van der Waals surface area contributed by atoms with E-state index in [0.717, 1.165) is 27.7 Å². The summed E-state index contributed by atoms with van der Waals surface area (Å²) in [6, 6.07) is 14.2. The molecule has 174 valence electrons. The molecule has 0 bridgehead atoms. The second-order valence-electron chi connectivity index (χ2n) is 8.36. The lowest BCUT2D eigenvalue weighted by Crippen LogP contribution is -2.45. The Kier molecular flexibility index (Phi) is 5.75. The van der Waals surface area contributed by atoms with Crippen molar-refractivity contribution in [1.29, 1.82) is 0 Å². The minimum atomic E-state index is -0.500. The van der Waals surface area contributed by atoms with E-state index in [4.69, 9.17) is 22.1 Å². The third kappa shape index (κ3) is 3.80. The zero-order valence-electron chi connectivity index (χ0n) is 18.6. The Hall–Kier alpha value is -3.78. The van der Waals surface area contributed by atoms with Gasteiger partial charge in [-0.1, -0.05) is 35.9 Å². The third-order valence-corrected chi connectivity index (χ3v) is 6.80. The first kappa shape index (κ1) is 22.0. The smallest absolute Gasteiger partial charge is 0.326 e. The van der Waals surface area contributed by atoms with E-state index in [1.165, 1.54) is 0 Å². The maximum Gasteiger partial charge on any atom is 0.326 e. The fourth-order valence-corrected chi connectivity index (χ4v) is 5.19. The zero-order chi connectivity index (χ0) is 23.8. The number of benzene rings is 2. The molecule has 0 aliphatic carbocycles. The standard InChI is InChI=1S/C25H24ClN5O3/c1-34-22-8-7-15(12-19(22)26)21-13-17(9-11-30(21)24(27)32)31-20-6-2-5-18(23(20)29-25(31)33)16-4-3-10-28-14-16/h2-8,10,12,14,17,21H,9,11,13H2,1H3,(H2,27,32)(H,29,33). The Balaban J connectivity index is 1.56. The van der Waals surface area contributed by atoms with Crippen molar-refractivity contribution in [1.82, 2.24) is 19.4 Å². The van der Waals surface area contributed by atoms with Gasteiger partial charge in [0.15, 0.2) is 0 Å². The number of hydrogen-bond donors (Lipinski definition) is 2. The number of para-hydroxylation sites is 1. The van der Waals surface area contributed by atoms with Crippen LogP contribution in [0.3, 0.4) is 0 Å². The van der Waals surface area contributed by atoms with Crippen molar-refractivity contribution in [3.05, 3.63) is 82.0 Å². The van der Waals surface area contributed by atoms with Gasteiger partial charge in [0.2, 0.25) is 0 Å². The number of aromatic nitrogens is 3. The van der Waals surface area contributed by atoms with Crippen molar-refractivity contribution in [3.63, 3.8) is 0 Å². The van der Waals surface area contributed by atoms with Crippen molar-refractivity contribution in [3.8, 4) is 16.9 Å². The number of imidazole rings is 1. The number of hydrogen-bond acceptors (Lipinski definition) is 4. The summed E-state index contributed by atoms with van der Waals surface area (Å²) in [6.45, 7) is 0.426. The molecule has 9 heteroatoms. The van der Waals surface area contributed by atoms with Gasteiger partial charge in [0, 0.05) is 36.1 Å². The highest BCUT2D eigenvalue weighted by Gasteiger charge is 2.34. The van der Waals surface area contributed by atoms with E-state index in [0.29, 0.717) is 30.2 Å². The molecule has 0 spiro atoms. The van der Waals surface area contributed by atoms with Gasteiger partial charge in [-0.15, -0.1) is 0 Å². The Bertz CT molecular complexity index is 1420. The number of amides is 2. The maximum absolute atomic E-state index is 13.2. The number of carbonyl (C=O) groups excluding carboxylic acids is 1. The third-order valence-electron chi connectivity index (χ3n) is 6.51. The summed E-state index contributed by atoms with van der Waals surface area (Å²) in [5.74, 6) is 0.555. The van der Waals surface area contributed by atoms with E-state index in [9.17, 15) is 9.59 Å². The van der Waals surface area contributed by atoms with Gasteiger partial charge in [0.05, 0.1) is 29.2 Å². The number of ether oxygens (including phenoxy) is 1. The topological polar surface area (TPSA) is 106 Å². The molecule has 0 saturated carbocycles. The van der Waals surface area contributed by atoms with Gasteiger partial charge < -0.3 is 20.4 Å². The molecule has 2 aromatic carbocycles. The Morgan fingerprint density at radius 1 is 1.24 bits per heavy atom. The maximum atomic E-state index is 13.2. The van der Waals surface area contributed by atoms with Crippen molar-refractivity contribution in [2.45, 2.75) is 24.9 Å². The molecule has 4 aromatic rings. The Labute approximate surface area is 200 Å². The molecular formula is C25H24ClN5O3. The number of fused-ring (bicyclic) bond motifs is 1. The largest absolute Gasteiger partial charge is 0.495 e. The molecule has 34 heavy (non-hydrogen) atoms. The summed E-state index contributed by atoms with van der Waals surface area (Å²) < 4.78 is 7.06. The molecule has 1 saturated heterocycles. The van der Waals surface area contributed by atoms with Crippen LogP contribution in [0, 0.1) is 0 Å². The number of H-pyrrole nitrogens is 1. The first-order valence-corrected chi connectivity index (χ1v) is 11.4. The van der Waals surface area contributed by atoms with Crippen LogP contribution in [0.15, 0.2) is 65.7 Å². The van der Waals surface area contributed by atoms with E-state index < -0.39 is 6.03 Å². The fraction of sp³-hybridized carbons (Fsp3) is 0.240. The second kappa shape index (κ2) is 8.87. The van der Waals surface area contributed by atoms with Crippen LogP contribution in [0.25, 0.3) is 22.2 Å². The quantitative estimate of drug-likeness (QED) is 0.451. The van der Waals surface area contributed by atoms with Crippen molar-refractivity contribution in [2.75, 3.05) is 13.7 Å². The molecule has 2 unspecified atom stereocenters. The van der Waals surface area contributed by atoms with Crippen LogP contribution in [0.4, 0.5) is 4.79 Å². The number of pyridine rings is 1. The number of piperidine rings is 1. The van der Waals surface area contributed by atoms with Gasteiger partial charge in [-0.3, -0.25) is 9.55 Å². The number of nitrogens with zero attached hydrogens (tertiary/aromatic N) is 3. The lowest BCUT2D eigenvalue weighted by molar-refractivity contribution is 0.136. The molecule has 2 amide bonds. The average molecular weight is 478 g/mol. The number of primary amides is 1. The second-order valence-corrected chi connectivity index (χ2v) is 8.77. The lowest BCUT2D eigenvalue weighted by atomic mass is 9.91. The Morgan fingerprint density at radius 3 is 2.79 bits per heavy atom. The number of nitrogens with two attached hydrogens (primary N) is 1. The summed E-state index contributed by atoms with van der Waals surface area (Å²) in [5.41, 5.74) is 9.79. The molecule has 2 aromatic heterocycles. The first-order valence-electron chi connectivity index (χ1n) is 11.0. The van der Waals surface area contributed by atoms with Gasteiger partial charge in [-0.2, -0.15) is 0 Å². The van der Waals surface area contributed by atoms with E-state index in [1.54, 1.807) is 41.1 Å². The molecule has 3 heterocycles. The van der Waals surface area contributed by atoms with Crippen molar-refractivity contribution >= 4 is 28.7 Å². The van der Waals surface area contributed by atoms with Gasteiger partial charge in [-0.05, 0) is 42.7 Å². The summed E-state index contributed by atoms with van der Waals surface area (Å²) >= 11 is 6.37. The van der Waals surface area contributed by atoms with Crippen LogP contribution in [-0.2, 0) is 0 Å². The van der Waals surface area contributed by atoms with Crippen LogP contribution in [0.1, 0.15) is 30.5 Å². The number of rotatable bonds is 4. The van der Waals surface area contributed by atoms with Crippen molar-refractivity contribution < 1.29 is 9.53 Å². The highest BCUT2D eigenvalue weighted by Crippen LogP contribution is 2.40. The van der Waals surface area contributed by atoms with Gasteiger partial charge >= 0.3 is 11.7 Å². The number of likely N-dealkylation sites (tertiary alicyclic amines) is 1. The van der Waals surface area contributed by atoms with Crippen LogP contribution < -0.4 is 16.2 Å². The van der Waals surface area contributed by atoms with Gasteiger partial charge in [0.1, 0.15) is 5.75 Å². The Morgan fingerprint density at radius 2 is 2.09 bits per heavy atom. The number of methoxy groups -OCH3 is 1. The predicted octanol–water partition coefficient (Wildman–Crippen LogP) is 4.51. The molecule has 1 aliphatic rings. The average Bonchev–Trinajstić information content (AvgIpc) is 3.19. The highest BCUT2D eigenvalue weighted by molar-refractivity contribution is 6.32. The molecule has 1 aliphatic heterocycles. The summed E-state index contributed by atoms with van der Waals surface area (Å²) in [5, 5.41) is 0.455. The number of aromatic amines is 1. The zero-order valence-corrected chi connectivity index (χ0v) is 19.3.